The van der Waals surface area contributed by atoms with Crippen molar-refractivity contribution in [2.24, 2.45) is 0 Å². The Morgan fingerprint density at radius 3 is 1.30 bits per heavy atom. The zero-order valence-corrected chi connectivity index (χ0v) is 21.2. The molecule has 0 radical (unpaired) electrons. The molecular formula is C24H49NaO2. The minimum absolute atomic E-state index is 0. The minimum atomic E-state index is 0. The summed E-state index contributed by atoms with van der Waals surface area (Å²) in [6.45, 7) is 5.10. The molecule has 0 aliphatic rings. The maximum Gasteiger partial charge on any atom is 1.00 e. The average Bonchev–Trinajstić information content (AvgIpc) is 2.64. The zero-order valence-electron chi connectivity index (χ0n) is 20.2. The van der Waals surface area contributed by atoms with Gasteiger partial charge in [-0.1, -0.05) is 123 Å². The second kappa shape index (κ2) is 26.5. The van der Waals surface area contributed by atoms with Crippen LogP contribution in [0.2, 0.25) is 0 Å². The summed E-state index contributed by atoms with van der Waals surface area (Å²) < 4.78 is 5.27. The van der Waals surface area contributed by atoms with Gasteiger partial charge in [-0.3, -0.25) is 4.79 Å². The second-order valence-electron chi connectivity index (χ2n) is 7.98. The van der Waals surface area contributed by atoms with E-state index in [-0.39, 0.29) is 37.0 Å². The average molecular weight is 393 g/mol. The van der Waals surface area contributed by atoms with Gasteiger partial charge in [-0.05, 0) is 12.8 Å². The van der Waals surface area contributed by atoms with Crippen LogP contribution in [0.15, 0.2) is 0 Å². The SMILES string of the molecule is CCCCCCCCCCCCCCCCCC(=O)OCCCCCC.[H-].[Na+]. The van der Waals surface area contributed by atoms with Gasteiger partial charge in [0.05, 0.1) is 6.61 Å². The monoisotopic (exact) mass is 392 g/mol. The van der Waals surface area contributed by atoms with E-state index in [2.05, 4.69) is 13.8 Å². The maximum atomic E-state index is 11.6. The first kappa shape index (κ1) is 29.7. The summed E-state index contributed by atoms with van der Waals surface area (Å²) in [5.41, 5.74) is 0. The fourth-order valence-electron chi connectivity index (χ4n) is 3.43. The Hall–Kier alpha value is 0.470. The van der Waals surface area contributed by atoms with Gasteiger partial charge in [0.25, 0.3) is 0 Å². The van der Waals surface area contributed by atoms with E-state index in [4.69, 9.17) is 4.74 Å². The fourth-order valence-corrected chi connectivity index (χ4v) is 3.43. The topological polar surface area (TPSA) is 26.3 Å². The molecule has 0 bridgehead atoms. The number of carbonyl (C=O) groups excluding carboxylic acids is 1. The summed E-state index contributed by atoms with van der Waals surface area (Å²) in [5, 5.41) is 0. The standard InChI is InChI=1S/C24H48O2.Na.H/c1-3-5-7-9-10-11-12-13-14-15-16-17-18-19-20-22-24(25)26-23-21-8-6-4-2;;/h3-23H2,1-2H3;;/q;+1;-1. The predicted molar refractivity (Wildman–Crippen MR) is 116 cm³/mol. The van der Waals surface area contributed by atoms with Gasteiger partial charge < -0.3 is 6.16 Å². The number of ether oxygens (including phenoxy) is 1. The molecule has 27 heavy (non-hydrogen) atoms. The van der Waals surface area contributed by atoms with Crippen LogP contribution < -0.4 is 29.6 Å². The van der Waals surface area contributed by atoms with Gasteiger partial charge in [0, 0.05) is 6.42 Å². The van der Waals surface area contributed by atoms with Crippen molar-refractivity contribution in [2.45, 2.75) is 142 Å². The second-order valence-corrected chi connectivity index (χ2v) is 7.98. The summed E-state index contributed by atoms with van der Waals surface area (Å²) in [4.78, 5) is 11.6. The molecule has 0 fully saturated rings. The van der Waals surface area contributed by atoms with Crippen molar-refractivity contribution >= 4 is 5.97 Å². The molecule has 3 heteroatoms. The smallest absolute Gasteiger partial charge is 1.00 e. The van der Waals surface area contributed by atoms with Crippen molar-refractivity contribution in [3.05, 3.63) is 0 Å². The molecule has 0 rings (SSSR count). The van der Waals surface area contributed by atoms with Crippen LogP contribution in [0.5, 0.6) is 0 Å². The number of esters is 1. The van der Waals surface area contributed by atoms with E-state index in [0.29, 0.717) is 13.0 Å². The van der Waals surface area contributed by atoms with Gasteiger partial charge >= 0.3 is 35.5 Å². The molecule has 158 valence electrons. The van der Waals surface area contributed by atoms with Crippen molar-refractivity contribution < 1.29 is 40.5 Å². The maximum absolute atomic E-state index is 11.6. The Bertz CT molecular complexity index is 288. The van der Waals surface area contributed by atoms with E-state index in [1.54, 1.807) is 0 Å². The molecule has 0 aliphatic heterocycles. The van der Waals surface area contributed by atoms with Crippen LogP contribution >= 0.6 is 0 Å². The third-order valence-electron chi connectivity index (χ3n) is 5.25. The molecule has 0 heterocycles. The number of hydrogen-bond donors (Lipinski definition) is 0. The van der Waals surface area contributed by atoms with Gasteiger partial charge in [0.2, 0.25) is 0 Å². The van der Waals surface area contributed by atoms with Gasteiger partial charge in [-0.2, -0.15) is 0 Å². The van der Waals surface area contributed by atoms with Crippen LogP contribution in [-0.4, -0.2) is 12.6 Å². The fraction of sp³-hybridized carbons (Fsp3) is 0.958. The van der Waals surface area contributed by atoms with E-state index < -0.39 is 0 Å². The number of hydrogen-bond acceptors (Lipinski definition) is 2. The summed E-state index contributed by atoms with van der Waals surface area (Å²) >= 11 is 0. The van der Waals surface area contributed by atoms with Crippen molar-refractivity contribution in [2.75, 3.05) is 6.61 Å². The molecule has 0 N–H and O–H groups in total. The molecule has 0 aromatic carbocycles. The van der Waals surface area contributed by atoms with E-state index >= 15 is 0 Å². The quantitative estimate of drug-likeness (QED) is 0.147. The van der Waals surface area contributed by atoms with Gasteiger partial charge in [-0.25, -0.2) is 0 Å². The zero-order chi connectivity index (χ0) is 19.1. The summed E-state index contributed by atoms with van der Waals surface area (Å²) in [5.74, 6) is 0.0104. The minimum Gasteiger partial charge on any atom is -1.00 e. The van der Waals surface area contributed by atoms with Gasteiger partial charge in [-0.15, -0.1) is 0 Å². The third kappa shape index (κ3) is 26.5. The first-order valence-electron chi connectivity index (χ1n) is 12.0. The van der Waals surface area contributed by atoms with E-state index in [0.717, 1.165) is 12.8 Å². The Morgan fingerprint density at radius 2 is 0.889 bits per heavy atom. The molecule has 0 aromatic heterocycles. The van der Waals surface area contributed by atoms with Crippen molar-refractivity contribution in [1.29, 1.82) is 0 Å². The molecule has 0 saturated carbocycles. The van der Waals surface area contributed by atoms with Crippen molar-refractivity contribution in [1.82, 2.24) is 0 Å². The Morgan fingerprint density at radius 1 is 0.556 bits per heavy atom. The summed E-state index contributed by atoms with van der Waals surface area (Å²) in [7, 11) is 0. The molecule has 0 aliphatic carbocycles. The molecule has 0 unspecified atom stereocenters. The number of carbonyl (C=O) groups is 1. The van der Waals surface area contributed by atoms with Crippen LogP contribution in [-0.2, 0) is 9.53 Å². The summed E-state index contributed by atoms with van der Waals surface area (Å²) in [6, 6.07) is 0. The molecule has 0 spiro atoms. The number of rotatable bonds is 21. The predicted octanol–water partition coefficient (Wildman–Crippen LogP) is 5.49. The van der Waals surface area contributed by atoms with Crippen LogP contribution in [0, 0.1) is 0 Å². The Labute approximate surface area is 194 Å². The Kier molecular flexibility index (Phi) is 29.1. The van der Waals surface area contributed by atoms with E-state index in [9.17, 15) is 4.79 Å². The van der Waals surface area contributed by atoms with E-state index in [1.165, 1.54) is 109 Å². The van der Waals surface area contributed by atoms with Crippen LogP contribution in [0.3, 0.4) is 0 Å². The van der Waals surface area contributed by atoms with E-state index in [1.807, 2.05) is 0 Å². The first-order valence-corrected chi connectivity index (χ1v) is 12.0. The van der Waals surface area contributed by atoms with Crippen LogP contribution in [0.25, 0.3) is 0 Å². The molecular weight excluding hydrogens is 343 g/mol. The van der Waals surface area contributed by atoms with Gasteiger partial charge in [0.1, 0.15) is 0 Å². The molecule has 0 aromatic rings. The van der Waals surface area contributed by atoms with Gasteiger partial charge in [0.15, 0.2) is 0 Å². The third-order valence-corrected chi connectivity index (χ3v) is 5.25. The Balaban J connectivity index is -0.00000312. The largest absolute Gasteiger partial charge is 1.00 e. The van der Waals surface area contributed by atoms with Crippen molar-refractivity contribution in [3.8, 4) is 0 Å². The molecule has 0 amide bonds. The molecule has 0 saturated heterocycles. The van der Waals surface area contributed by atoms with Crippen molar-refractivity contribution in [3.63, 3.8) is 0 Å². The number of unbranched alkanes of at least 4 members (excludes halogenated alkanes) is 17. The molecule has 2 nitrogen and oxygen atoms in total. The van der Waals surface area contributed by atoms with Crippen LogP contribution in [0.4, 0.5) is 0 Å². The first-order chi connectivity index (χ1) is 12.8. The molecule has 0 atom stereocenters. The van der Waals surface area contributed by atoms with Crippen LogP contribution in [0.1, 0.15) is 144 Å². The normalized spacial score (nSPS) is 10.6. The summed E-state index contributed by atoms with van der Waals surface area (Å²) in [6.07, 6.45) is 25.7.